The molecule has 0 aliphatic heterocycles. The number of fused-ring (bicyclic) bond motifs is 1. The molecular weight excluding hydrogens is 453 g/mol. The molecule has 0 aliphatic rings. The molecule has 3 aromatic rings. The van der Waals surface area contributed by atoms with Crippen LogP contribution >= 0.6 is 35.3 Å². The lowest BCUT2D eigenvalue weighted by molar-refractivity contribution is 0.0983. The summed E-state index contributed by atoms with van der Waals surface area (Å²) in [5, 5.41) is 1.24. The lowest BCUT2D eigenvalue weighted by atomic mass is 10.1. The van der Waals surface area contributed by atoms with Gasteiger partial charge in [0.05, 0.1) is 16.8 Å². The van der Waals surface area contributed by atoms with Gasteiger partial charge in [-0.15, -0.1) is 12.4 Å². The maximum Gasteiger partial charge on any atom is 0.260 e. The molecule has 0 saturated heterocycles. The van der Waals surface area contributed by atoms with E-state index in [2.05, 4.69) is 18.7 Å². The van der Waals surface area contributed by atoms with E-state index in [9.17, 15) is 4.79 Å². The van der Waals surface area contributed by atoms with Crippen molar-refractivity contribution in [2.24, 2.45) is 0 Å². The van der Waals surface area contributed by atoms with Gasteiger partial charge in [-0.3, -0.25) is 9.69 Å². The fraction of sp³-hybridized carbons (Fsp3) is 0.391. The van der Waals surface area contributed by atoms with E-state index in [-0.39, 0.29) is 18.3 Å². The van der Waals surface area contributed by atoms with E-state index in [4.69, 9.17) is 21.3 Å². The van der Waals surface area contributed by atoms with Gasteiger partial charge in [-0.05, 0) is 62.3 Å². The van der Waals surface area contributed by atoms with Crippen LogP contribution in [-0.2, 0) is 0 Å². The van der Waals surface area contributed by atoms with Gasteiger partial charge >= 0.3 is 0 Å². The molecule has 31 heavy (non-hydrogen) atoms. The van der Waals surface area contributed by atoms with Gasteiger partial charge in [0, 0.05) is 18.7 Å². The van der Waals surface area contributed by atoms with Crippen LogP contribution in [-0.4, -0.2) is 49.1 Å². The first-order chi connectivity index (χ1) is 14.4. The standard InChI is InChI=1S/C23H28ClN3O2S.ClH/c1-6-26(7-2)12-13-27(22(28)17-9-8-15(3)16(4)14-17)23-25-20-19(29-5)11-10-18(24)21(20)30-23;/h8-11,14H,6-7,12-13H2,1-5H3;1H. The van der Waals surface area contributed by atoms with E-state index in [1.807, 2.05) is 32.0 Å². The van der Waals surface area contributed by atoms with Gasteiger partial charge < -0.3 is 9.64 Å². The van der Waals surface area contributed by atoms with Crippen LogP contribution in [0.5, 0.6) is 5.75 Å². The third-order valence-corrected chi connectivity index (χ3v) is 6.97. The normalized spacial score (nSPS) is 10.9. The topological polar surface area (TPSA) is 45.7 Å². The number of methoxy groups -OCH3 is 1. The van der Waals surface area contributed by atoms with Crippen molar-refractivity contribution in [3.8, 4) is 5.75 Å². The van der Waals surface area contributed by atoms with Gasteiger partial charge in [-0.2, -0.15) is 0 Å². The summed E-state index contributed by atoms with van der Waals surface area (Å²) in [5.74, 6) is 0.596. The Balaban J connectivity index is 0.00000341. The van der Waals surface area contributed by atoms with Crippen LogP contribution in [0.3, 0.4) is 0 Å². The fourth-order valence-electron chi connectivity index (χ4n) is 3.32. The molecule has 2 aromatic carbocycles. The van der Waals surface area contributed by atoms with E-state index >= 15 is 0 Å². The van der Waals surface area contributed by atoms with Crippen LogP contribution in [0.1, 0.15) is 35.3 Å². The Morgan fingerprint density at radius 3 is 2.42 bits per heavy atom. The highest BCUT2D eigenvalue weighted by molar-refractivity contribution is 7.23. The molecular formula is C23H29Cl2N3O2S. The highest BCUT2D eigenvalue weighted by atomic mass is 35.5. The van der Waals surface area contributed by atoms with Crippen LogP contribution in [0.25, 0.3) is 10.2 Å². The summed E-state index contributed by atoms with van der Waals surface area (Å²) in [6.45, 7) is 11.5. The molecule has 0 bridgehead atoms. The van der Waals surface area contributed by atoms with Crippen molar-refractivity contribution in [1.82, 2.24) is 9.88 Å². The van der Waals surface area contributed by atoms with Gasteiger partial charge in [0.25, 0.3) is 5.91 Å². The average molecular weight is 482 g/mol. The first kappa shape index (κ1) is 25.4. The molecule has 1 aromatic heterocycles. The van der Waals surface area contributed by atoms with Crippen molar-refractivity contribution in [1.29, 1.82) is 0 Å². The first-order valence-corrected chi connectivity index (χ1v) is 11.3. The SMILES string of the molecule is CCN(CC)CCN(C(=O)c1ccc(C)c(C)c1)c1nc2c(OC)ccc(Cl)c2s1.Cl. The Morgan fingerprint density at radius 1 is 1.10 bits per heavy atom. The Bertz CT molecular complexity index is 1050. The quantitative estimate of drug-likeness (QED) is 0.396. The van der Waals surface area contributed by atoms with Crippen LogP contribution in [0.4, 0.5) is 5.13 Å². The van der Waals surface area contributed by atoms with E-state index in [0.29, 0.717) is 33.5 Å². The van der Waals surface area contributed by atoms with Gasteiger partial charge in [0.1, 0.15) is 11.3 Å². The van der Waals surface area contributed by atoms with Crippen LogP contribution in [0, 0.1) is 13.8 Å². The van der Waals surface area contributed by atoms with Crippen molar-refractivity contribution >= 4 is 56.6 Å². The monoisotopic (exact) mass is 481 g/mol. The van der Waals surface area contributed by atoms with E-state index in [1.165, 1.54) is 11.3 Å². The number of halogens is 2. The molecule has 168 valence electrons. The molecule has 0 saturated carbocycles. The van der Waals surface area contributed by atoms with Crippen LogP contribution in [0.2, 0.25) is 5.02 Å². The molecule has 5 nitrogen and oxygen atoms in total. The number of rotatable bonds is 8. The lowest BCUT2D eigenvalue weighted by Gasteiger charge is -2.25. The Morgan fingerprint density at radius 2 is 1.81 bits per heavy atom. The van der Waals surface area contributed by atoms with Gasteiger partial charge in [-0.1, -0.05) is 42.9 Å². The number of likely N-dealkylation sites (N-methyl/N-ethyl adjacent to an activating group) is 1. The summed E-state index contributed by atoms with van der Waals surface area (Å²) in [5.41, 5.74) is 3.61. The molecule has 1 heterocycles. The van der Waals surface area contributed by atoms with E-state index in [1.54, 1.807) is 24.1 Å². The molecule has 8 heteroatoms. The van der Waals surface area contributed by atoms with Crippen molar-refractivity contribution < 1.29 is 9.53 Å². The van der Waals surface area contributed by atoms with Crippen molar-refractivity contribution in [2.75, 3.05) is 38.2 Å². The second-order valence-electron chi connectivity index (χ2n) is 7.21. The number of ether oxygens (including phenoxy) is 1. The molecule has 1 amide bonds. The van der Waals surface area contributed by atoms with Crippen LogP contribution < -0.4 is 9.64 Å². The molecule has 0 radical (unpaired) electrons. The zero-order chi connectivity index (χ0) is 21.8. The second-order valence-corrected chi connectivity index (χ2v) is 8.59. The number of thiazole rings is 1. The third kappa shape index (κ3) is 5.50. The summed E-state index contributed by atoms with van der Waals surface area (Å²) in [7, 11) is 1.61. The molecule has 0 N–H and O–H groups in total. The van der Waals surface area contributed by atoms with Gasteiger partial charge in [-0.25, -0.2) is 4.98 Å². The Labute approximate surface area is 199 Å². The average Bonchev–Trinajstić information content (AvgIpc) is 3.19. The molecule has 0 unspecified atom stereocenters. The number of amides is 1. The number of aryl methyl sites for hydroxylation is 2. The zero-order valence-electron chi connectivity index (χ0n) is 18.6. The number of carbonyl (C=O) groups excluding carboxylic acids is 1. The lowest BCUT2D eigenvalue weighted by Crippen LogP contribution is -2.38. The zero-order valence-corrected chi connectivity index (χ0v) is 21.0. The summed E-state index contributed by atoms with van der Waals surface area (Å²) in [6.07, 6.45) is 0. The first-order valence-electron chi connectivity index (χ1n) is 10.1. The molecule has 0 fully saturated rings. The number of nitrogens with zero attached hydrogens (tertiary/aromatic N) is 3. The largest absolute Gasteiger partial charge is 0.494 e. The maximum absolute atomic E-state index is 13.5. The minimum atomic E-state index is -0.0561. The van der Waals surface area contributed by atoms with Gasteiger partial charge in [0.15, 0.2) is 5.13 Å². The number of aromatic nitrogens is 1. The van der Waals surface area contributed by atoms with Crippen molar-refractivity contribution in [3.05, 3.63) is 52.0 Å². The van der Waals surface area contributed by atoms with Crippen LogP contribution in [0.15, 0.2) is 30.3 Å². The summed E-state index contributed by atoms with van der Waals surface area (Å²) in [4.78, 5) is 22.3. The maximum atomic E-state index is 13.5. The predicted octanol–water partition coefficient (Wildman–Crippen LogP) is 5.99. The number of carbonyl (C=O) groups is 1. The smallest absolute Gasteiger partial charge is 0.260 e. The fourth-order valence-corrected chi connectivity index (χ4v) is 4.60. The highest BCUT2D eigenvalue weighted by Gasteiger charge is 2.24. The summed E-state index contributed by atoms with van der Waals surface area (Å²) < 4.78 is 6.28. The van der Waals surface area contributed by atoms with Crippen molar-refractivity contribution in [3.63, 3.8) is 0 Å². The molecule has 0 aliphatic carbocycles. The highest BCUT2D eigenvalue weighted by Crippen LogP contribution is 2.39. The van der Waals surface area contributed by atoms with Crippen molar-refractivity contribution in [2.45, 2.75) is 27.7 Å². The number of benzene rings is 2. The number of hydrogen-bond acceptors (Lipinski definition) is 5. The third-order valence-electron chi connectivity index (χ3n) is 5.43. The van der Waals surface area contributed by atoms with E-state index in [0.717, 1.165) is 35.5 Å². The second kappa shape index (κ2) is 11.1. The van der Waals surface area contributed by atoms with E-state index < -0.39 is 0 Å². The molecule has 0 atom stereocenters. The summed E-state index contributed by atoms with van der Waals surface area (Å²) in [6, 6.07) is 9.43. The summed E-state index contributed by atoms with van der Waals surface area (Å²) >= 11 is 7.84. The Hall–Kier alpha value is -1.86. The number of hydrogen-bond donors (Lipinski definition) is 0. The predicted molar refractivity (Wildman–Crippen MR) is 134 cm³/mol. The molecule has 0 spiro atoms. The molecule has 3 rings (SSSR count). The van der Waals surface area contributed by atoms with Gasteiger partial charge in [0.2, 0.25) is 0 Å². The minimum absolute atomic E-state index is 0. The number of anilines is 1. The minimum Gasteiger partial charge on any atom is -0.494 e. The Kier molecular flexibility index (Phi) is 9.13.